The molecule has 2 aromatic rings. The molecule has 1 amide bonds. The van der Waals surface area contributed by atoms with Crippen molar-refractivity contribution >= 4 is 11.6 Å². The highest BCUT2D eigenvalue weighted by Crippen LogP contribution is 2.33. The summed E-state index contributed by atoms with van der Waals surface area (Å²) in [4.78, 5) is 19.2. The number of hydrogen-bond acceptors (Lipinski definition) is 5. The van der Waals surface area contributed by atoms with E-state index in [1.54, 1.807) is 10.9 Å². The van der Waals surface area contributed by atoms with Gasteiger partial charge in [0.15, 0.2) is 0 Å². The molecular weight excluding hydrogens is 318 g/mol. The van der Waals surface area contributed by atoms with E-state index >= 15 is 0 Å². The molecule has 134 valence electrons. The summed E-state index contributed by atoms with van der Waals surface area (Å²) in [5.74, 6) is 0.145. The summed E-state index contributed by atoms with van der Waals surface area (Å²) in [6.45, 7) is 4.08. The summed E-state index contributed by atoms with van der Waals surface area (Å²) >= 11 is 0. The van der Waals surface area contributed by atoms with Crippen molar-refractivity contribution in [3.8, 4) is 0 Å². The number of carbonyl (C=O) groups excluding carboxylic acids is 1. The van der Waals surface area contributed by atoms with E-state index in [2.05, 4.69) is 33.2 Å². The standard InChI is InChI=1S/C17H25N7O/c1-20-11-16(25)24(15-7-19-22(3)10-15)13-17(20)4-5-23(12-17)9-14-6-18-21(2)8-14/h6-8,10H,4-5,9,11-13H2,1-3H3. The Bertz CT molecular complexity index is 782. The van der Waals surface area contributed by atoms with E-state index in [-0.39, 0.29) is 11.4 Å². The van der Waals surface area contributed by atoms with Gasteiger partial charge in [0.1, 0.15) is 0 Å². The Labute approximate surface area is 147 Å². The predicted molar refractivity (Wildman–Crippen MR) is 94.0 cm³/mol. The lowest BCUT2D eigenvalue weighted by molar-refractivity contribution is -0.123. The van der Waals surface area contributed by atoms with E-state index in [0.717, 1.165) is 38.3 Å². The highest BCUT2D eigenvalue weighted by atomic mass is 16.2. The number of hydrogen-bond donors (Lipinski definition) is 0. The van der Waals surface area contributed by atoms with Crippen LogP contribution in [0, 0.1) is 0 Å². The third-order valence-corrected chi connectivity index (χ3v) is 5.51. The Hall–Kier alpha value is -2.19. The van der Waals surface area contributed by atoms with Crippen LogP contribution in [0.4, 0.5) is 5.69 Å². The molecule has 0 bridgehead atoms. The average molecular weight is 343 g/mol. The second-order valence-electron chi connectivity index (χ2n) is 7.42. The molecule has 2 aromatic heterocycles. The lowest BCUT2D eigenvalue weighted by Crippen LogP contribution is -2.64. The van der Waals surface area contributed by atoms with E-state index in [0.29, 0.717) is 6.54 Å². The molecule has 1 unspecified atom stereocenters. The molecule has 4 heterocycles. The molecule has 2 aliphatic rings. The van der Waals surface area contributed by atoms with Gasteiger partial charge in [0.05, 0.1) is 30.2 Å². The van der Waals surface area contributed by atoms with E-state index in [1.807, 2.05) is 36.1 Å². The molecule has 0 radical (unpaired) electrons. The maximum atomic E-state index is 12.6. The molecule has 25 heavy (non-hydrogen) atoms. The Kier molecular flexibility index (Phi) is 3.88. The first-order chi connectivity index (χ1) is 11.9. The van der Waals surface area contributed by atoms with Gasteiger partial charge in [0.25, 0.3) is 0 Å². The van der Waals surface area contributed by atoms with Crippen LogP contribution in [0.2, 0.25) is 0 Å². The number of carbonyl (C=O) groups is 1. The van der Waals surface area contributed by atoms with Gasteiger partial charge < -0.3 is 4.90 Å². The van der Waals surface area contributed by atoms with Gasteiger partial charge >= 0.3 is 0 Å². The van der Waals surface area contributed by atoms with Gasteiger partial charge in [-0.3, -0.25) is 24.0 Å². The van der Waals surface area contributed by atoms with Crippen LogP contribution < -0.4 is 4.90 Å². The number of amides is 1. The van der Waals surface area contributed by atoms with E-state index in [9.17, 15) is 4.79 Å². The smallest absolute Gasteiger partial charge is 0.241 e. The average Bonchev–Trinajstić information content (AvgIpc) is 3.26. The van der Waals surface area contributed by atoms with Gasteiger partial charge in [0, 0.05) is 58.2 Å². The summed E-state index contributed by atoms with van der Waals surface area (Å²) in [7, 11) is 5.90. The van der Waals surface area contributed by atoms with Crippen LogP contribution in [-0.4, -0.2) is 74.0 Å². The number of aryl methyl sites for hydroxylation is 2. The zero-order chi connectivity index (χ0) is 17.6. The third kappa shape index (κ3) is 2.96. The van der Waals surface area contributed by atoms with Crippen LogP contribution in [0.3, 0.4) is 0 Å². The normalized spacial score (nSPS) is 25.4. The van der Waals surface area contributed by atoms with Crippen molar-refractivity contribution < 1.29 is 4.79 Å². The second-order valence-corrected chi connectivity index (χ2v) is 7.42. The van der Waals surface area contributed by atoms with Crippen LogP contribution in [0.15, 0.2) is 24.8 Å². The van der Waals surface area contributed by atoms with Crippen LogP contribution >= 0.6 is 0 Å². The summed E-state index contributed by atoms with van der Waals surface area (Å²) in [5, 5.41) is 8.48. The molecule has 0 aromatic carbocycles. The minimum Gasteiger partial charge on any atom is -0.306 e. The Morgan fingerprint density at radius 1 is 1.08 bits per heavy atom. The highest BCUT2D eigenvalue weighted by molar-refractivity contribution is 5.95. The maximum Gasteiger partial charge on any atom is 0.241 e. The fourth-order valence-corrected chi connectivity index (χ4v) is 4.07. The van der Waals surface area contributed by atoms with Crippen molar-refractivity contribution in [1.29, 1.82) is 0 Å². The number of nitrogens with zero attached hydrogens (tertiary/aromatic N) is 7. The van der Waals surface area contributed by atoms with E-state index < -0.39 is 0 Å². The molecule has 0 aliphatic carbocycles. The molecule has 2 aliphatic heterocycles. The molecule has 0 saturated carbocycles. The zero-order valence-corrected chi connectivity index (χ0v) is 15.1. The Balaban J connectivity index is 1.51. The first-order valence-electron chi connectivity index (χ1n) is 8.65. The topological polar surface area (TPSA) is 62.4 Å². The highest BCUT2D eigenvalue weighted by Gasteiger charge is 2.47. The summed E-state index contributed by atoms with van der Waals surface area (Å²) < 4.78 is 3.59. The second kappa shape index (κ2) is 5.96. The largest absolute Gasteiger partial charge is 0.306 e. The van der Waals surface area contributed by atoms with Crippen molar-refractivity contribution in [2.45, 2.75) is 18.5 Å². The van der Waals surface area contributed by atoms with Gasteiger partial charge in [-0.05, 0) is 13.5 Å². The first-order valence-corrected chi connectivity index (χ1v) is 8.65. The molecule has 2 saturated heterocycles. The SMILES string of the molecule is CN1CC(=O)N(c2cnn(C)c2)CC12CCN(Cc1cnn(C)c1)C2. The van der Waals surface area contributed by atoms with Crippen molar-refractivity contribution in [1.82, 2.24) is 29.4 Å². The van der Waals surface area contributed by atoms with Crippen molar-refractivity contribution in [3.05, 3.63) is 30.4 Å². The number of likely N-dealkylation sites (tertiary alicyclic amines) is 1. The van der Waals surface area contributed by atoms with Gasteiger partial charge in [-0.2, -0.15) is 10.2 Å². The van der Waals surface area contributed by atoms with E-state index in [4.69, 9.17) is 0 Å². The van der Waals surface area contributed by atoms with Crippen LogP contribution in [0.5, 0.6) is 0 Å². The number of aromatic nitrogens is 4. The van der Waals surface area contributed by atoms with Gasteiger partial charge in [-0.1, -0.05) is 0 Å². The quantitative estimate of drug-likeness (QED) is 0.790. The van der Waals surface area contributed by atoms with Gasteiger partial charge in [0.2, 0.25) is 5.91 Å². The third-order valence-electron chi connectivity index (χ3n) is 5.51. The molecular formula is C17H25N7O. The fraction of sp³-hybridized carbons (Fsp3) is 0.588. The van der Waals surface area contributed by atoms with Crippen LogP contribution in [0.25, 0.3) is 0 Å². The number of rotatable bonds is 3. The molecule has 2 fully saturated rings. The summed E-state index contributed by atoms with van der Waals surface area (Å²) in [6.07, 6.45) is 8.76. The number of anilines is 1. The zero-order valence-electron chi connectivity index (χ0n) is 15.1. The monoisotopic (exact) mass is 343 g/mol. The summed E-state index contributed by atoms with van der Waals surface area (Å²) in [6, 6.07) is 0. The maximum absolute atomic E-state index is 12.6. The minimum atomic E-state index is 0.00591. The lowest BCUT2D eigenvalue weighted by Gasteiger charge is -2.46. The van der Waals surface area contributed by atoms with E-state index in [1.165, 1.54) is 5.56 Å². The van der Waals surface area contributed by atoms with Crippen LogP contribution in [-0.2, 0) is 25.4 Å². The number of piperazine rings is 1. The first kappa shape index (κ1) is 16.3. The minimum absolute atomic E-state index is 0.00591. The van der Waals surface area contributed by atoms with Crippen molar-refractivity contribution in [2.75, 3.05) is 38.1 Å². The molecule has 4 rings (SSSR count). The predicted octanol–water partition coefficient (Wildman–Crippen LogP) is 0.0767. The fourth-order valence-electron chi connectivity index (χ4n) is 4.07. The van der Waals surface area contributed by atoms with Crippen molar-refractivity contribution in [2.24, 2.45) is 14.1 Å². The molecule has 0 N–H and O–H groups in total. The Morgan fingerprint density at radius 3 is 2.52 bits per heavy atom. The van der Waals surface area contributed by atoms with Crippen molar-refractivity contribution in [3.63, 3.8) is 0 Å². The summed E-state index contributed by atoms with van der Waals surface area (Å²) in [5.41, 5.74) is 2.13. The Morgan fingerprint density at radius 2 is 1.84 bits per heavy atom. The van der Waals surface area contributed by atoms with Crippen LogP contribution in [0.1, 0.15) is 12.0 Å². The lowest BCUT2D eigenvalue weighted by atomic mass is 9.93. The van der Waals surface area contributed by atoms with Gasteiger partial charge in [-0.15, -0.1) is 0 Å². The molecule has 1 atom stereocenters. The molecule has 1 spiro atoms. The molecule has 8 nitrogen and oxygen atoms in total. The van der Waals surface area contributed by atoms with Gasteiger partial charge in [-0.25, -0.2) is 0 Å². The number of likely N-dealkylation sites (N-methyl/N-ethyl adjacent to an activating group) is 1. The molecule has 8 heteroatoms.